The Balaban J connectivity index is 3.15. The van der Waals surface area contributed by atoms with E-state index in [-0.39, 0.29) is 30.1 Å². The molecule has 1 aromatic rings. The van der Waals surface area contributed by atoms with Crippen LogP contribution in [0.5, 0.6) is 11.5 Å². The monoisotopic (exact) mass is 209 g/mol. The molecule has 0 atom stereocenters. The van der Waals surface area contributed by atoms with Crippen molar-refractivity contribution in [3.63, 3.8) is 0 Å². The SMILES string of the molecule is COc1c(C)ccc(C(=O)CCN)c1O. The largest absolute Gasteiger partial charge is 0.504 e. The van der Waals surface area contributed by atoms with Crippen molar-refractivity contribution in [2.75, 3.05) is 13.7 Å². The van der Waals surface area contributed by atoms with Gasteiger partial charge in [-0.3, -0.25) is 4.79 Å². The van der Waals surface area contributed by atoms with Crippen LogP contribution in [0.1, 0.15) is 22.3 Å². The molecule has 0 aliphatic rings. The molecule has 0 aliphatic heterocycles. The van der Waals surface area contributed by atoms with Crippen LogP contribution in [0.25, 0.3) is 0 Å². The lowest BCUT2D eigenvalue weighted by atomic mass is 10.0. The molecular formula is C11H15NO3. The number of Topliss-reactive ketones (excluding diaryl/α,β-unsaturated/α-hetero) is 1. The van der Waals surface area contributed by atoms with Crippen molar-refractivity contribution >= 4 is 5.78 Å². The van der Waals surface area contributed by atoms with E-state index in [1.165, 1.54) is 7.11 Å². The molecular weight excluding hydrogens is 194 g/mol. The van der Waals surface area contributed by atoms with Gasteiger partial charge in [0.05, 0.1) is 12.7 Å². The summed E-state index contributed by atoms with van der Waals surface area (Å²) in [5.41, 5.74) is 6.34. The first-order chi connectivity index (χ1) is 7.11. The molecule has 0 radical (unpaired) electrons. The zero-order valence-corrected chi connectivity index (χ0v) is 8.91. The molecule has 4 heteroatoms. The van der Waals surface area contributed by atoms with Gasteiger partial charge in [-0.25, -0.2) is 0 Å². The molecule has 0 aromatic heterocycles. The van der Waals surface area contributed by atoms with E-state index in [9.17, 15) is 9.90 Å². The van der Waals surface area contributed by atoms with Crippen LogP contribution < -0.4 is 10.5 Å². The van der Waals surface area contributed by atoms with Crippen LogP contribution in [-0.4, -0.2) is 24.5 Å². The second-order valence-corrected chi connectivity index (χ2v) is 3.27. The summed E-state index contributed by atoms with van der Waals surface area (Å²) in [4.78, 5) is 11.5. The molecule has 0 spiro atoms. The molecule has 1 rings (SSSR count). The Kier molecular flexibility index (Phi) is 3.68. The van der Waals surface area contributed by atoms with Crippen molar-refractivity contribution in [3.8, 4) is 11.5 Å². The number of carbonyl (C=O) groups is 1. The number of phenolic OH excluding ortho intramolecular Hbond substituents is 1. The van der Waals surface area contributed by atoms with E-state index in [2.05, 4.69) is 0 Å². The van der Waals surface area contributed by atoms with E-state index in [1.807, 2.05) is 0 Å². The average Bonchev–Trinajstić information content (AvgIpc) is 2.18. The normalized spacial score (nSPS) is 10.1. The van der Waals surface area contributed by atoms with Gasteiger partial charge in [-0.1, -0.05) is 6.07 Å². The van der Waals surface area contributed by atoms with Crippen molar-refractivity contribution in [2.45, 2.75) is 13.3 Å². The quantitative estimate of drug-likeness (QED) is 0.732. The molecule has 0 amide bonds. The first kappa shape index (κ1) is 11.5. The molecule has 0 heterocycles. The van der Waals surface area contributed by atoms with Gasteiger partial charge in [-0.15, -0.1) is 0 Å². The zero-order valence-electron chi connectivity index (χ0n) is 8.91. The number of ketones is 1. The summed E-state index contributed by atoms with van der Waals surface area (Å²) in [5, 5.41) is 9.78. The van der Waals surface area contributed by atoms with Crippen LogP contribution in [0.15, 0.2) is 12.1 Å². The Morgan fingerprint density at radius 2 is 2.20 bits per heavy atom. The summed E-state index contributed by atoms with van der Waals surface area (Å²) in [7, 11) is 1.46. The Hall–Kier alpha value is -1.55. The highest BCUT2D eigenvalue weighted by atomic mass is 16.5. The minimum atomic E-state index is -0.173. The number of rotatable bonds is 4. The Labute approximate surface area is 88.7 Å². The van der Waals surface area contributed by atoms with Gasteiger partial charge in [0.25, 0.3) is 0 Å². The number of carbonyl (C=O) groups excluding carboxylic acids is 1. The first-order valence-electron chi connectivity index (χ1n) is 4.71. The van der Waals surface area contributed by atoms with E-state index >= 15 is 0 Å². The van der Waals surface area contributed by atoms with Gasteiger partial charge in [-0.05, 0) is 25.1 Å². The van der Waals surface area contributed by atoms with Gasteiger partial charge < -0.3 is 15.6 Å². The smallest absolute Gasteiger partial charge is 0.168 e. The van der Waals surface area contributed by atoms with Gasteiger partial charge in [0, 0.05) is 6.42 Å². The van der Waals surface area contributed by atoms with Crippen molar-refractivity contribution in [3.05, 3.63) is 23.3 Å². The third kappa shape index (κ3) is 2.27. The van der Waals surface area contributed by atoms with Gasteiger partial charge in [0.2, 0.25) is 0 Å². The van der Waals surface area contributed by atoms with E-state index in [4.69, 9.17) is 10.5 Å². The predicted molar refractivity (Wildman–Crippen MR) is 57.4 cm³/mol. The summed E-state index contributed by atoms with van der Waals surface area (Å²) in [6, 6.07) is 3.33. The first-order valence-corrected chi connectivity index (χ1v) is 4.71. The van der Waals surface area contributed by atoms with E-state index in [0.29, 0.717) is 5.75 Å². The number of aryl methyl sites for hydroxylation is 1. The Morgan fingerprint density at radius 3 is 2.73 bits per heavy atom. The van der Waals surface area contributed by atoms with E-state index in [0.717, 1.165) is 5.56 Å². The van der Waals surface area contributed by atoms with Gasteiger partial charge >= 0.3 is 0 Å². The molecule has 15 heavy (non-hydrogen) atoms. The lowest BCUT2D eigenvalue weighted by molar-refractivity contribution is 0.0982. The van der Waals surface area contributed by atoms with E-state index < -0.39 is 0 Å². The Morgan fingerprint density at radius 1 is 1.53 bits per heavy atom. The average molecular weight is 209 g/mol. The van der Waals surface area contributed by atoms with Crippen molar-refractivity contribution in [1.29, 1.82) is 0 Å². The molecule has 0 bridgehead atoms. The summed E-state index contributed by atoms with van der Waals surface area (Å²) in [5.74, 6) is 0.0714. The highest BCUT2D eigenvalue weighted by Gasteiger charge is 2.15. The molecule has 0 fully saturated rings. The highest BCUT2D eigenvalue weighted by Crippen LogP contribution is 2.33. The second kappa shape index (κ2) is 4.79. The molecule has 1 aromatic carbocycles. The third-order valence-electron chi connectivity index (χ3n) is 2.20. The highest BCUT2D eigenvalue weighted by molar-refractivity contribution is 5.99. The van der Waals surface area contributed by atoms with Crippen LogP contribution in [0, 0.1) is 6.92 Å². The number of ether oxygens (including phenoxy) is 1. The summed E-state index contributed by atoms with van der Waals surface area (Å²) < 4.78 is 5.01. The van der Waals surface area contributed by atoms with Crippen LogP contribution in [-0.2, 0) is 0 Å². The van der Waals surface area contributed by atoms with Crippen LogP contribution in [0.3, 0.4) is 0 Å². The molecule has 82 valence electrons. The number of nitrogens with two attached hydrogens (primary N) is 1. The summed E-state index contributed by atoms with van der Waals surface area (Å²) >= 11 is 0. The Bertz CT molecular complexity index is 374. The number of aromatic hydroxyl groups is 1. The molecule has 0 aliphatic carbocycles. The van der Waals surface area contributed by atoms with Gasteiger partial charge in [-0.2, -0.15) is 0 Å². The molecule has 4 nitrogen and oxygen atoms in total. The standard InChI is InChI=1S/C11H15NO3/c1-7-3-4-8(9(13)5-6-12)10(14)11(7)15-2/h3-4,14H,5-6,12H2,1-2H3. The fourth-order valence-corrected chi connectivity index (χ4v) is 1.42. The third-order valence-corrected chi connectivity index (χ3v) is 2.20. The van der Waals surface area contributed by atoms with E-state index in [1.54, 1.807) is 19.1 Å². The predicted octanol–water partition coefficient (Wildman–Crippen LogP) is 1.24. The molecule has 3 N–H and O–H groups in total. The maximum absolute atomic E-state index is 11.5. The number of hydrogen-bond acceptors (Lipinski definition) is 4. The number of methoxy groups -OCH3 is 1. The van der Waals surface area contributed by atoms with Crippen molar-refractivity contribution < 1.29 is 14.6 Å². The fraction of sp³-hybridized carbons (Fsp3) is 0.364. The number of benzene rings is 1. The maximum Gasteiger partial charge on any atom is 0.168 e. The fourth-order valence-electron chi connectivity index (χ4n) is 1.42. The van der Waals surface area contributed by atoms with Crippen molar-refractivity contribution in [1.82, 2.24) is 0 Å². The summed E-state index contributed by atoms with van der Waals surface area (Å²) in [6.45, 7) is 2.07. The van der Waals surface area contributed by atoms with Crippen LogP contribution >= 0.6 is 0 Å². The number of phenols is 1. The second-order valence-electron chi connectivity index (χ2n) is 3.27. The minimum Gasteiger partial charge on any atom is -0.504 e. The van der Waals surface area contributed by atoms with Crippen LogP contribution in [0.4, 0.5) is 0 Å². The molecule has 0 unspecified atom stereocenters. The number of hydrogen-bond donors (Lipinski definition) is 2. The van der Waals surface area contributed by atoms with Gasteiger partial charge in [0.1, 0.15) is 0 Å². The molecule has 0 saturated carbocycles. The lowest BCUT2D eigenvalue weighted by Gasteiger charge is -2.10. The minimum absolute atomic E-state index is 0.101. The lowest BCUT2D eigenvalue weighted by Crippen LogP contribution is -2.08. The molecule has 0 saturated heterocycles. The maximum atomic E-state index is 11.5. The van der Waals surface area contributed by atoms with Crippen molar-refractivity contribution in [2.24, 2.45) is 5.73 Å². The van der Waals surface area contributed by atoms with Gasteiger partial charge in [0.15, 0.2) is 17.3 Å². The summed E-state index contributed by atoms with van der Waals surface area (Å²) in [6.07, 6.45) is 0.222. The van der Waals surface area contributed by atoms with Crippen LogP contribution in [0.2, 0.25) is 0 Å². The topological polar surface area (TPSA) is 72.5 Å². The zero-order chi connectivity index (χ0) is 11.4.